The summed E-state index contributed by atoms with van der Waals surface area (Å²) in [7, 11) is 0. The molecule has 3 rings (SSSR count). The first-order valence-corrected chi connectivity index (χ1v) is 7.81. The molecule has 2 N–H and O–H groups in total. The number of nitrogens with two attached hydrogens (primary N) is 1. The second-order valence-corrected chi connectivity index (χ2v) is 6.31. The Morgan fingerprint density at radius 3 is 2.71 bits per heavy atom. The fourth-order valence-electron chi connectivity index (χ4n) is 3.34. The van der Waals surface area contributed by atoms with E-state index in [1.54, 1.807) is 0 Å². The van der Waals surface area contributed by atoms with Gasteiger partial charge < -0.3 is 15.2 Å². The number of hydrogen-bond acceptors (Lipinski definition) is 5. The van der Waals surface area contributed by atoms with Gasteiger partial charge in [0.1, 0.15) is 0 Å². The minimum Gasteiger partial charge on any atom is -0.360 e. The highest BCUT2D eigenvalue weighted by Crippen LogP contribution is 2.26. The van der Waals surface area contributed by atoms with Gasteiger partial charge in [-0.25, -0.2) is 0 Å². The van der Waals surface area contributed by atoms with Crippen LogP contribution in [-0.2, 0) is 11.3 Å². The van der Waals surface area contributed by atoms with Crippen LogP contribution in [0.25, 0.3) is 0 Å². The Balaban J connectivity index is 1.47. The van der Waals surface area contributed by atoms with Crippen LogP contribution in [0.4, 0.5) is 0 Å². The van der Waals surface area contributed by atoms with Crippen molar-refractivity contribution in [2.75, 3.05) is 26.2 Å². The van der Waals surface area contributed by atoms with E-state index in [0.29, 0.717) is 5.91 Å². The van der Waals surface area contributed by atoms with Crippen LogP contribution in [0.3, 0.4) is 0 Å². The molecule has 1 amide bonds. The molecule has 116 valence electrons. The van der Waals surface area contributed by atoms with Crippen molar-refractivity contribution in [2.45, 2.75) is 38.8 Å². The molecule has 21 heavy (non-hydrogen) atoms. The quantitative estimate of drug-likeness (QED) is 0.890. The molecule has 2 fully saturated rings. The first-order valence-electron chi connectivity index (χ1n) is 7.81. The molecule has 0 radical (unpaired) electrons. The molecular weight excluding hydrogens is 268 g/mol. The van der Waals surface area contributed by atoms with Crippen LogP contribution in [0, 0.1) is 12.8 Å². The molecule has 1 aromatic heterocycles. The number of aryl methyl sites for hydroxylation is 1. The number of hydrogen-bond donors (Lipinski definition) is 1. The van der Waals surface area contributed by atoms with Gasteiger partial charge >= 0.3 is 0 Å². The van der Waals surface area contributed by atoms with Gasteiger partial charge in [-0.05, 0) is 26.2 Å². The highest BCUT2D eigenvalue weighted by Gasteiger charge is 2.32. The second kappa shape index (κ2) is 6.15. The Kier molecular flexibility index (Phi) is 4.26. The van der Waals surface area contributed by atoms with Gasteiger partial charge in [0.2, 0.25) is 5.91 Å². The van der Waals surface area contributed by atoms with E-state index in [4.69, 9.17) is 10.3 Å². The summed E-state index contributed by atoms with van der Waals surface area (Å²) in [6.07, 6.45) is 2.80. The molecule has 1 aromatic rings. The SMILES string of the molecule is Cc1cc(CN2CCN(C(=O)[C@H]3CC[C@H](N)C3)CC2)on1. The molecule has 1 saturated heterocycles. The van der Waals surface area contributed by atoms with Crippen molar-refractivity contribution in [1.29, 1.82) is 0 Å². The number of carbonyl (C=O) groups is 1. The van der Waals surface area contributed by atoms with Crippen LogP contribution < -0.4 is 5.73 Å². The van der Waals surface area contributed by atoms with E-state index in [2.05, 4.69) is 10.1 Å². The molecule has 1 saturated carbocycles. The minimum atomic E-state index is 0.156. The van der Waals surface area contributed by atoms with E-state index < -0.39 is 0 Å². The van der Waals surface area contributed by atoms with Crippen molar-refractivity contribution >= 4 is 5.91 Å². The average Bonchev–Trinajstić information content (AvgIpc) is 3.08. The lowest BCUT2D eigenvalue weighted by atomic mass is 10.1. The van der Waals surface area contributed by atoms with Crippen LogP contribution in [0.5, 0.6) is 0 Å². The smallest absolute Gasteiger partial charge is 0.225 e. The summed E-state index contributed by atoms with van der Waals surface area (Å²) in [6.45, 7) is 6.09. The van der Waals surface area contributed by atoms with Gasteiger partial charge in [0.15, 0.2) is 5.76 Å². The van der Waals surface area contributed by atoms with Crippen LogP contribution >= 0.6 is 0 Å². The predicted molar refractivity (Wildman–Crippen MR) is 78.4 cm³/mol. The average molecular weight is 292 g/mol. The third kappa shape index (κ3) is 3.44. The number of nitrogens with zero attached hydrogens (tertiary/aromatic N) is 3. The molecule has 2 heterocycles. The fourth-order valence-corrected chi connectivity index (χ4v) is 3.34. The fraction of sp³-hybridized carbons (Fsp3) is 0.733. The van der Waals surface area contributed by atoms with Gasteiger partial charge in [0.25, 0.3) is 0 Å². The summed E-state index contributed by atoms with van der Waals surface area (Å²) < 4.78 is 5.25. The summed E-state index contributed by atoms with van der Waals surface area (Å²) in [6, 6.07) is 2.19. The van der Waals surface area contributed by atoms with Crippen molar-refractivity contribution in [3.05, 3.63) is 17.5 Å². The van der Waals surface area contributed by atoms with Crippen molar-refractivity contribution in [3.8, 4) is 0 Å². The Morgan fingerprint density at radius 1 is 1.38 bits per heavy atom. The molecule has 0 unspecified atom stereocenters. The van der Waals surface area contributed by atoms with E-state index >= 15 is 0 Å². The summed E-state index contributed by atoms with van der Waals surface area (Å²) in [4.78, 5) is 16.8. The Morgan fingerprint density at radius 2 is 2.14 bits per heavy atom. The molecule has 0 bridgehead atoms. The zero-order valence-electron chi connectivity index (χ0n) is 12.6. The normalized spacial score (nSPS) is 27.2. The van der Waals surface area contributed by atoms with E-state index in [1.807, 2.05) is 17.9 Å². The monoisotopic (exact) mass is 292 g/mol. The van der Waals surface area contributed by atoms with E-state index in [0.717, 1.165) is 63.4 Å². The van der Waals surface area contributed by atoms with Crippen molar-refractivity contribution in [3.63, 3.8) is 0 Å². The van der Waals surface area contributed by atoms with Crippen LogP contribution in [0.1, 0.15) is 30.7 Å². The first-order chi connectivity index (χ1) is 10.1. The lowest BCUT2D eigenvalue weighted by molar-refractivity contribution is -0.137. The Hall–Kier alpha value is -1.40. The van der Waals surface area contributed by atoms with Gasteiger partial charge in [0, 0.05) is 44.2 Å². The molecular formula is C15H24N4O2. The molecule has 0 spiro atoms. The predicted octanol–water partition coefficient (Wildman–Crippen LogP) is 0.755. The topological polar surface area (TPSA) is 75.6 Å². The maximum absolute atomic E-state index is 12.4. The standard InChI is InChI=1S/C15H24N4O2/c1-11-8-14(21-17-11)10-18-4-6-19(7-5-18)15(20)12-2-3-13(16)9-12/h8,12-13H,2-7,9-10,16H2,1H3/t12-,13-/m0/s1. The van der Waals surface area contributed by atoms with E-state index in [-0.39, 0.29) is 12.0 Å². The van der Waals surface area contributed by atoms with Crippen LogP contribution in [-0.4, -0.2) is 53.1 Å². The largest absolute Gasteiger partial charge is 0.360 e. The molecule has 2 atom stereocenters. The molecule has 6 heteroatoms. The van der Waals surface area contributed by atoms with Gasteiger partial charge in [-0.1, -0.05) is 5.16 Å². The van der Waals surface area contributed by atoms with Gasteiger partial charge in [-0.2, -0.15) is 0 Å². The van der Waals surface area contributed by atoms with Gasteiger partial charge in [0.05, 0.1) is 12.2 Å². The lowest BCUT2D eigenvalue weighted by Gasteiger charge is -2.35. The minimum absolute atomic E-state index is 0.156. The zero-order valence-corrected chi connectivity index (χ0v) is 12.6. The highest BCUT2D eigenvalue weighted by atomic mass is 16.5. The first kappa shape index (κ1) is 14.5. The van der Waals surface area contributed by atoms with Crippen molar-refractivity contribution in [1.82, 2.24) is 15.0 Å². The third-order valence-electron chi connectivity index (χ3n) is 4.56. The number of aromatic nitrogens is 1. The summed E-state index contributed by atoms with van der Waals surface area (Å²) in [5.41, 5.74) is 6.82. The van der Waals surface area contributed by atoms with Gasteiger partial charge in [-0.3, -0.25) is 9.69 Å². The van der Waals surface area contributed by atoms with Crippen molar-refractivity contribution < 1.29 is 9.32 Å². The third-order valence-corrected chi connectivity index (χ3v) is 4.56. The highest BCUT2D eigenvalue weighted by molar-refractivity contribution is 5.79. The molecule has 6 nitrogen and oxygen atoms in total. The number of carbonyl (C=O) groups excluding carboxylic acids is 1. The van der Waals surface area contributed by atoms with Crippen molar-refractivity contribution in [2.24, 2.45) is 11.7 Å². The second-order valence-electron chi connectivity index (χ2n) is 6.31. The summed E-state index contributed by atoms with van der Waals surface area (Å²) >= 11 is 0. The van der Waals surface area contributed by atoms with E-state index in [9.17, 15) is 4.79 Å². The van der Waals surface area contributed by atoms with Crippen LogP contribution in [0.15, 0.2) is 10.6 Å². The number of amides is 1. The summed E-state index contributed by atoms with van der Waals surface area (Å²) in [5, 5.41) is 3.91. The number of piperazine rings is 1. The Bertz CT molecular complexity index is 494. The molecule has 1 aliphatic carbocycles. The molecule has 1 aliphatic heterocycles. The molecule has 2 aliphatic rings. The Labute approximate surface area is 125 Å². The maximum atomic E-state index is 12.4. The van der Waals surface area contributed by atoms with Crippen LogP contribution in [0.2, 0.25) is 0 Å². The summed E-state index contributed by atoms with van der Waals surface area (Å²) in [5.74, 6) is 1.36. The van der Waals surface area contributed by atoms with Gasteiger partial charge in [-0.15, -0.1) is 0 Å². The van der Waals surface area contributed by atoms with E-state index in [1.165, 1.54) is 0 Å². The lowest BCUT2D eigenvalue weighted by Crippen LogP contribution is -2.49. The molecule has 0 aromatic carbocycles. The number of rotatable bonds is 3. The maximum Gasteiger partial charge on any atom is 0.225 e. The zero-order chi connectivity index (χ0) is 14.8.